The van der Waals surface area contributed by atoms with Crippen LogP contribution in [0.4, 0.5) is 5.69 Å². The minimum absolute atomic E-state index is 0. The molecule has 0 atom stereocenters. The van der Waals surface area contributed by atoms with Crippen molar-refractivity contribution in [3.8, 4) is 6.19 Å². The Hall–Kier alpha value is 0.0900. The van der Waals surface area contributed by atoms with Crippen LogP contribution in [0.5, 0.6) is 0 Å². The zero-order chi connectivity index (χ0) is 8.27. The summed E-state index contributed by atoms with van der Waals surface area (Å²) in [6, 6.07) is 4.75. The van der Waals surface area contributed by atoms with E-state index in [-0.39, 0.29) is 29.6 Å². The zero-order valence-electron chi connectivity index (χ0n) is 6.38. The van der Waals surface area contributed by atoms with Gasteiger partial charge in [0.25, 0.3) is 0 Å². The Morgan fingerprint density at radius 1 is 1.25 bits per heavy atom. The van der Waals surface area contributed by atoms with Crippen LogP contribution in [0.1, 0.15) is 0 Å². The van der Waals surface area contributed by atoms with Crippen LogP contribution in [0.2, 0.25) is 10.0 Å². The molecule has 0 N–H and O–H groups in total. The SMILES string of the molecule is N#C[N-]c1ccc(Cl)c(Cl)c1.[Na+]. The fourth-order valence-corrected chi connectivity index (χ4v) is 0.905. The molecule has 0 unspecified atom stereocenters. The molecule has 0 aliphatic heterocycles. The van der Waals surface area contributed by atoms with E-state index in [0.29, 0.717) is 15.7 Å². The maximum absolute atomic E-state index is 8.19. The van der Waals surface area contributed by atoms with Gasteiger partial charge >= 0.3 is 29.6 Å². The average Bonchev–Trinajstić information content (AvgIpc) is 1.98. The summed E-state index contributed by atoms with van der Waals surface area (Å²) in [6.07, 6.45) is 1.65. The molecule has 0 aromatic heterocycles. The zero-order valence-corrected chi connectivity index (χ0v) is 9.89. The molecular weight excluding hydrogens is 206 g/mol. The Balaban J connectivity index is 0.00000121. The van der Waals surface area contributed by atoms with Crippen molar-refractivity contribution in [1.82, 2.24) is 0 Å². The predicted octanol–water partition coefficient (Wildman–Crippen LogP) is 0.484. The van der Waals surface area contributed by atoms with Crippen LogP contribution in [0, 0.1) is 11.5 Å². The van der Waals surface area contributed by atoms with Gasteiger partial charge in [0.05, 0.1) is 10.0 Å². The third kappa shape index (κ3) is 3.22. The topological polar surface area (TPSA) is 37.9 Å². The van der Waals surface area contributed by atoms with Gasteiger partial charge in [0.2, 0.25) is 0 Å². The molecule has 0 aliphatic carbocycles. The van der Waals surface area contributed by atoms with Gasteiger partial charge in [0.1, 0.15) is 0 Å². The number of hydrogen-bond donors (Lipinski definition) is 0. The maximum Gasteiger partial charge on any atom is 1.00 e. The van der Waals surface area contributed by atoms with Gasteiger partial charge in [0, 0.05) is 0 Å². The molecule has 0 radical (unpaired) electrons. The second kappa shape index (κ2) is 5.69. The van der Waals surface area contributed by atoms with Crippen LogP contribution in [-0.2, 0) is 0 Å². The Morgan fingerprint density at radius 2 is 1.92 bits per heavy atom. The molecular formula is C7H3Cl2N2Na. The van der Waals surface area contributed by atoms with Crippen LogP contribution >= 0.6 is 23.2 Å². The number of nitriles is 1. The normalized spacial score (nSPS) is 8.08. The molecule has 1 rings (SSSR count). The van der Waals surface area contributed by atoms with E-state index in [1.807, 2.05) is 0 Å². The Labute approximate surface area is 103 Å². The standard InChI is InChI=1S/C7H3Cl2N2.Na/c8-6-2-1-5(11-4-10)3-7(6)9;/h1-3H;/q-1;+1. The van der Waals surface area contributed by atoms with E-state index >= 15 is 0 Å². The van der Waals surface area contributed by atoms with E-state index in [2.05, 4.69) is 5.32 Å². The van der Waals surface area contributed by atoms with E-state index in [9.17, 15) is 0 Å². The Morgan fingerprint density at radius 3 is 2.42 bits per heavy atom. The summed E-state index contributed by atoms with van der Waals surface area (Å²) in [5, 5.41) is 12.5. The number of rotatable bonds is 1. The van der Waals surface area contributed by atoms with Gasteiger partial charge < -0.3 is 10.6 Å². The molecule has 5 heteroatoms. The van der Waals surface area contributed by atoms with Crippen molar-refractivity contribution in [2.45, 2.75) is 0 Å². The predicted molar refractivity (Wildman–Crippen MR) is 45.1 cm³/mol. The molecule has 0 aliphatic rings. The second-order valence-electron chi connectivity index (χ2n) is 1.81. The molecule has 0 fully saturated rings. The summed E-state index contributed by atoms with van der Waals surface area (Å²) < 4.78 is 0. The van der Waals surface area contributed by atoms with Gasteiger partial charge in [-0.3, -0.25) is 0 Å². The van der Waals surface area contributed by atoms with Crippen molar-refractivity contribution in [3.05, 3.63) is 33.6 Å². The fourth-order valence-electron chi connectivity index (χ4n) is 0.612. The van der Waals surface area contributed by atoms with Gasteiger partial charge in [-0.05, 0) is 17.8 Å². The summed E-state index contributed by atoms with van der Waals surface area (Å²) >= 11 is 11.3. The van der Waals surface area contributed by atoms with Crippen LogP contribution in [0.15, 0.2) is 18.2 Å². The summed E-state index contributed by atoms with van der Waals surface area (Å²) in [5.41, 5.74) is 0.516. The minimum atomic E-state index is 0. The van der Waals surface area contributed by atoms with Gasteiger partial charge in [-0.1, -0.05) is 35.5 Å². The number of halogens is 2. The van der Waals surface area contributed by atoms with Crippen LogP contribution in [0.3, 0.4) is 0 Å². The number of benzene rings is 1. The van der Waals surface area contributed by atoms with Crippen molar-refractivity contribution in [3.63, 3.8) is 0 Å². The van der Waals surface area contributed by atoms with Gasteiger partial charge in [0.15, 0.2) is 0 Å². The molecule has 0 bridgehead atoms. The number of hydrogen-bond acceptors (Lipinski definition) is 1. The third-order valence-corrected chi connectivity index (χ3v) is 1.82. The van der Waals surface area contributed by atoms with Crippen molar-refractivity contribution < 1.29 is 29.6 Å². The molecule has 2 nitrogen and oxygen atoms in total. The third-order valence-electron chi connectivity index (χ3n) is 1.08. The van der Waals surface area contributed by atoms with Crippen LogP contribution in [-0.4, -0.2) is 0 Å². The first-order valence-electron chi connectivity index (χ1n) is 2.79. The van der Waals surface area contributed by atoms with E-state index in [4.69, 9.17) is 28.5 Å². The van der Waals surface area contributed by atoms with E-state index in [1.165, 1.54) is 6.07 Å². The van der Waals surface area contributed by atoms with E-state index in [1.54, 1.807) is 18.3 Å². The fraction of sp³-hybridized carbons (Fsp3) is 0. The largest absolute Gasteiger partial charge is 1.00 e. The van der Waals surface area contributed by atoms with Crippen molar-refractivity contribution in [2.24, 2.45) is 0 Å². The molecule has 56 valence electrons. The van der Waals surface area contributed by atoms with Crippen molar-refractivity contribution >= 4 is 28.9 Å². The van der Waals surface area contributed by atoms with Crippen molar-refractivity contribution in [1.29, 1.82) is 5.26 Å². The van der Waals surface area contributed by atoms with Crippen LogP contribution < -0.4 is 29.6 Å². The van der Waals surface area contributed by atoms with E-state index in [0.717, 1.165) is 0 Å². The summed E-state index contributed by atoms with van der Waals surface area (Å²) in [4.78, 5) is 0. The minimum Gasteiger partial charge on any atom is -0.494 e. The van der Waals surface area contributed by atoms with Gasteiger partial charge in [-0.15, -0.1) is 0 Å². The smallest absolute Gasteiger partial charge is 0.494 e. The van der Waals surface area contributed by atoms with Crippen LogP contribution in [0.25, 0.3) is 5.32 Å². The molecule has 1 aromatic rings. The Bertz CT molecular complexity index is 309. The molecule has 0 saturated carbocycles. The molecule has 12 heavy (non-hydrogen) atoms. The van der Waals surface area contributed by atoms with Gasteiger partial charge in [-0.25, -0.2) is 0 Å². The molecule has 0 amide bonds. The van der Waals surface area contributed by atoms with Gasteiger partial charge in [-0.2, -0.15) is 0 Å². The van der Waals surface area contributed by atoms with Crippen molar-refractivity contribution in [2.75, 3.05) is 0 Å². The first-order valence-corrected chi connectivity index (χ1v) is 3.54. The number of nitrogens with zero attached hydrogens (tertiary/aromatic N) is 2. The first-order chi connectivity index (χ1) is 5.24. The molecule has 0 spiro atoms. The Kier molecular flexibility index (Phi) is 5.73. The first kappa shape index (κ1) is 12.1. The maximum atomic E-state index is 8.19. The van der Waals surface area contributed by atoms with E-state index < -0.39 is 0 Å². The summed E-state index contributed by atoms with van der Waals surface area (Å²) in [7, 11) is 0. The molecule has 0 saturated heterocycles. The summed E-state index contributed by atoms with van der Waals surface area (Å²) in [5.74, 6) is 0. The monoisotopic (exact) mass is 208 g/mol. The second-order valence-corrected chi connectivity index (χ2v) is 2.62. The molecule has 1 aromatic carbocycles. The summed E-state index contributed by atoms with van der Waals surface area (Å²) in [6.45, 7) is 0. The quantitative estimate of drug-likeness (QED) is 0.489. The average molecular weight is 209 g/mol. The molecule has 0 heterocycles.